The zero-order valence-electron chi connectivity index (χ0n) is 10.5. The third-order valence-electron chi connectivity index (χ3n) is 3.00. The van der Waals surface area contributed by atoms with Gasteiger partial charge in [0.1, 0.15) is 5.76 Å². The van der Waals surface area contributed by atoms with E-state index in [0.717, 1.165) is 6.54 Å². The number of rotatable bonds is 5. The molecule has 2 heterocycles. The number of fused-ring (bicyclic) bond motifs is 1. The van der Waals surface area contributed by atoms with Crippen molar-refractivity contribution in [3.63, 3.8) is 0 Å². The van der Waals surface area contributed by atoms with Gasteiger partial charge in [0.25, 0.3) is 0 Å². The maximum atomic E-state index is 11.3. The van der Waals surface area contributed by atoms with E-state index in [2.05, 4.69) is 19.2 Å². The fraction of sp³-hybridized carbons (Fsp3) is 0.667. The van der Waals surface area contributed by atoms with E-state index in [0.29, 0.717) is 18.2 Å². The van der Waals surface area contributed by atoms with E-state index in [1.165, 1.54) is 4.90 Å². The molecule has 18 heavy (non-hydrogen) atoms. The first-order valence-corrected chi connectivity index (χ1v) is 6.12. The van der Waals surface area contributed by atoms with Crippen molar-refractivity contribution in [1.29, 1.82) is 0 Å². The van der Waals surface area contributed by atoms with Crippen LogP contribution in [0.1, 0.15) is 20.3 Å². The number of hydrogen-bond acceptors (Lipinski definition) is 4. The number of carbonyl (C=O) groups is 2. The van der Waals surface area contributed by atoms with E-state index < -0.39 is 12.0 Å². The van der Waals surface area contributed by atoms with Gasteiger partial charge >= 0.3 is 5.97 Å². The molecule has 0 spiro atoms. The van der Waals surface area contributed by atoms with Gasteiger partial charge in [0.15, 0.2) is 12.3 Å². The Morgan fingerprint density at radius 3 is 2.94 bits per heavy atom. The minimum atomic E-state index is -1.04. The molecule has 0 radical (unpaired) electrons. The lowest BCUT2D eigenvalue weighted by atomic mass is 10.1. The molecule has 0 aromatic heterocycles. The molecule has 2 aliphatic heterocycles. The van der Waals surface area contributed by atoms with Crippen molar-refractivity contribution in [3.8, 4) is 0 Å². The highest BCUT2D eigenvalue weighted by Gasteiger charge is 2.53. The molecule has 2 N–H and O–H groups in total. The third kappa shape index (κ3) is 2.33. The number of hydrogen-bond donors (Lipinski definition) is 2. The topological polar surface area (TPSA) is 78.9 Å². The molecule has 0 bridgehead atoms. The minimum absolute atomic E-state index is 0.161. The van der Waals surface area contributed by atoms with Gasteiger partial charge in [-0.15, -0.1) is 0 Å². The second-order valence-electron chi connectivity index (χ2n) is 4.98. The molecule has 2 atom stereocenters. The number of amides is 1. The highest BCUT2D eigenvalue weighted by Crippen LogP contribution is 2.36. The molecule has 0 aromatic carbocycles. The summed E-state index contributed by atoms with van der Waals surface area (Å²) in [6.07, 6.45) is 1.61. The molecule has 0 unspecified atom stereocenters. The molecule has 1 amide bonds. The number of carboxylic acids is 1. The normalized spacial score (nSPS) is 28.3. The fourth-order valence-corrected chi connectivity index (χ4v) is 2.11. The van der Waals surface area contributed by atoms with E-state index in [9.17, 15) is 9.59 Å². The van der Waals surface area contributed by atoms with Gasteiger partial charge in [-0.2, -0.15) is 0 Å². The Kier molecular flexibility index (Phi) is 3.56. The lowest BCUT2D eigenvalue weighted by Gasteiger charge is -2.33. The number of carbonyl (C=O) groups excluding carboxylic acids is 1. The SMILES string of the molecule is CC(C)CNC/C=C1\O[C@@H]2CC(=O)N2[C@H]1C(=O)O. The molecule has 2 aliphatic rings. The number of nitrogens with zero attached hydrogens (tertiary/aromatic N) is 1. The van der Waals surface area contributed by atoms with Gasteiger partial charge in [0.05, 0.1) is 6.42 Å². The molecular weight excluding hydrogens is 236 g/mol. The van der Waals surface area contributed by atoms with Crippen molar-refractivity contribution in [2.75, 3.05) is 13.1 Å². The summed E-state index contributed by atoms with van der Waals surface area (Å²) < 4.78 is 5.46. The molecule has 2 saturated heterocycles. The van der Waals surface area contributed by atoms with Crippen LogP contribution in [0.2, 0.25) is 0 Å². The van der Waals surface area contributed by atoms with E-state index in [1.807, 2.05) is 0 Å². The molecule has 0 aromatic rings. The Morgan fingerprint density at radius 2 is 2.39 bits per heavy atom. The van der Waals surface area contributed by atoms with Gasteiger partial charge in [-0.3, -0.25) is 9.69 Å². The third-order valence-corrected chi connectivity index (χ3v) is 3.00. The molecule has 100 valence electrons. The largest absolute Gasteiger partial charge is 0.479 e. The predicted molar refractivity (Wildman–Crippen MR) is 63.6 cm³/mol. The monoisotopic (exact) mass is 254 g/mol. The minimum Gasteiger partial charge on any atom is -0.479 e. The number of nitrogens with one attached hydrogen (secondary N) is 1. The molecular formula is C12H18N2O4. The number of β-lactam (4-membered cyclic amide) rings is 1. The Bertz CT molecular complexity index is 392. The van der Waals surface area contributed by atoms with Crippen LogP contribution in [0.15, 0.2) is 11.8 Å². The summed E-state index contributed by atoms with van der Waals surface area (Å²) in [6.45, 7) is 5.59. The predicted octanol–water partition coefficient (Wildman–Crippen LogP) is 0.158. The Hall–Kier alpha value is -1.56. The first kappa shape index (κ1) is 12.9. The van der Waals surface area contributed by atoms with E-state index in [4.69, 9.17) is 9.84 Å². The van der Waals surface area contributed by atoms with E-state index in [1.54, 1.807) is 6.08 Å². The lowest BCUT2D eigenvalue weighted by Crippen LogP contribution is -2.54. The molecule has 2 rings (SSSR count). The summed E-state index contributed by atoms with van der Waals surface area (Å²) in [5.41, 5.74) is 0. The van der Waals surface area contributed by atoms with E-state index >= 15 is 0 Å². The average molecular weight is 254 g/mol. The van der Waals surface area contributed by atoms with Crippen LogP contribution in [-0.2, 0) is 14.3 Å². The van der Waals surface area contributed by atoms with Crippen molar-refractivity contribution in [2.24, 2.45) is 5.92 Å². The van der Waals surface area contributed by atoms with Gasteiger partial charge in [-0.1, -0.05) is 13.8 Å². The summed E-state index contributed by atoms with van der Waals surface area (Å²) in [4.78, 5) is 23.8. The summed E-state index contributed by atoms with van der Waals surface area (Å²) >= 11 is 0. The highest BCUT2D eigenvalue weighted by molar-refractivity contribution is 5.91. The van der Waals surface area contributed by atoms with Crippen LogP contribution in [0, 0.1) is 5.92 Å². The van der Waals surface area contributed by atoms with Gasteiger partial charge in [0, 0.05) is 6.54 Å². The zero-order valence-corrected chi connectivity index (χ0v) is 10.5. The smallest absolute Gasteiger partial charge is 0.334 e. The zero-order chi connectivity index (χ0) is 13.3. The molecule has 6 nitrogen and oxygen atoms in total. The number of carboxylic acid groups (broad SMARTS) is 1. The quantitative estimate of drug-likeness (QED) is 0.539. The highest BCUT2D eigenvalue weighted by atomic mass is 16.5. The van der Waals surface area contributed by atoms with Crippen LogP contribution in [0.3, 0.4) is 0 Å². The standard InChI is InChI=1S/C12H18N2O4/c1-7(2)6-13-4-3-8-11(12(16)17)14-9(15)5-10(14)18-8/h3,7,10-11,13H,4-6H2,1-2H3,(H,16,17)/b8-3-/t10-,11-/m1/s1. The van der Waals surface area contributed by atoms with Gasteiger partial charge < -0.3 is 15.2 Å². The first-order valence-electron chi connectivity index (χ1n) is 6.12. The fourth-order valence-electron chi connectivity index (χ4n) is 2.11. The Morgan fingerprint density at radius 1 is 1.67 bits per heavy atom. The van der Waals surface area contributed by atoms with Crippen LogP contribution in [0.5, 0.6) is 0 Å². The van der Waals surface area contributed by atoms with Crippen molar-refractivity contribution in [1.82, 2.24) is 10.2 Å². The van der Waals surface area contributed by atoms with Crippen LogP contribution >= 0.6 is 0 Å². The maximum Gasteiger partial charge on any atom is 0.334 e. The Balaban J connectivity index is 1.97. The van der Waals surface area contributed by atoms with Crippen LogP contribution in [-0.4, -0.2) is 47.2 Å². The first-order chi connectivity index (χ1) is 8.50. The molecule has 0 saturated carbocycles. The van der Waals surface area contributed by atoms with Gasteiger partial charge in [0.2, 0.25) is 5.91 Å². The maximum absolute atomic E-state index is 11.3. The summed E-state index contributed by atoms with van der Waals surface area (Å²) in [6, 6.07) is -0.947. The molecule has 2 fully saturated rings. The Labute approximate surface area is 106 Å². The number of aliphatic carboxylic acids is 1. The van der Waals surface area contributed by atoms with Crippen molar-refractivity contribution in [2.45, 2.75) is 32.5 Å². The lowest BCUT2D eigenvalue weighted by molar-refractivity contribution is -0.163. The molecule has 6 heteroatoms. The van der Waals surface area contributed by atoms with Crippen molar-refractivity contribution < 1.29 is 19.4 Å². The summed E-state index contributed by atoms with van der Waals surface area (Å²) in [5.74, 6) is -0.300. The van der Waals surface area contributed by atoms with Gasteiger partial charge in [-0.05, 0) is 18.5 Å². The van der Waals surface area contributed by atoms with Crippen LogP contribution < -0.4 is 5.32 Å². The second-order valence-corrected chi connectivity index (χ2v) is 4.98. The van der Waals surface area contributed by atoms with Crippen LogP contribution in [0.4, 0.5) is 0 Å². The van der Waals surface area contributed by atoms with Crippen molar-refractivity contribution >= 4 is 11.9 Å². The van der Waals surface area contributed by atoms with Crippen molar-refractivity contribution in [3.05, 3.63) is 11.8 Å². The summed E-state index contributed by atoms with van der Waals surface area (Å²) in [7, 11) is 0. The average Bonchev–Trinajstić information content (AvgIpc) is 2.57. The second kappa shape index (κ2) is 4.97. The van der Waals surface area contributed by atoms with E-state index in [-0.39, 0.29) is 18.6 Å². The van der Waals surface area contributed by atoms with Crippen LogP contribution in [0.25, 0.3) is 0 Å². The van der Waals surface area contributed by atoms with Gasteiger partial charge in [-0.25, -0.2) is 4.79 Å². The number of ether oxygens (including phenoxy) is 1. The summed E-state index contributed by atoms with van der Waals surface area (Å²) in [5, 5.41) is 12.3. The molecule has 0 aliphatic carbocycles.